The SMILES string of the molecule is C[C@@]12CC3CC(C1)OC(=O)C(C3)C2. The Morgan fingerprint density at radius 2 is 2.15 bits per heavy atom. The molecule has 0 spiro atoms. The van der Waals surface area contributed by atoms with Crippen LogP contribution in [-0.4, -0.2) is 12.1 Å². The van der Waals surface area contributed by atoms with Crippen molar-refractivity contribution in [1.82, 2.24) is 0 Å². The van der Waals surface area contributed by atoms with E-state index in [-0.39, 0.29) is 18.0 Å². The van der Waals surface area contributed by atoms with Crippen LogP contribution in [0, 0.1) is 17.3 Å². The Hall–Kier alpha value is -0.530. The molecule has 72 valence electrons. The van der Waals surface area contributed by atoms with Crippen LogP contribution in [0.5, 0.6) is 0 Å². The molecule has 13 heavy (non-hydrogen) atoms. The van der Waals surface area contributed by atoms with Crippen molar-refractivity contribution in [2.45, 2.75) is 45.1 Å². The topological polar surface area (TPSA) is 26.3 Å². The lowest BCUT2D eigenvalue weighted by Gasteiger charge is -2.44. The summed E-state index contributed by atoms with van der Waals surface area (Å²) in [7, 11) is 0. The lowest BCUT2D eigenvalue weighted by atomic mass is 9.60. The maximum absolute atomic E-state index is 11.6. The van der Waals surface area contributed by atoms with Gasteiger partial charge in [0.05, 0.1) is 5.92 Å². The van der Waals surface area contributed by atoms with E-state index < -0.39 is 0 Å². The molecule has 0 aromatic carbocycles. The second-order valence-corrected chi connectivity index (χ2v) is 5.52. The third-order valence-corrected chi connectivity index (χ3v) is 4.07. The minimum Gasteiger partial charge on any atom is -0.462 e. The molecule has 3 unspecified atom stereocenters. The van der Waals surface area contributed by atoms with Crippen LogP contribution in [0.3, 0.4) is 0 Å². The largest absolute Gasteiger partial charge is 0.462 e. The monoisotopic (exact) mass is 180 g/mol. The van der Waals surface area contributed by atoms with E-state index in [1.807, 2.05) is 0 Å². The molecule has 2 heteroatoms. The molecule has 4 aliphatic rings. The second kappa shape index (κ2) is 2.28. The first-order valence-corrected chi connectivity index (χ1v) is 5.35. The van der Waals surface area contributed by atoms with E-state index >= 15 is 0 Å². The smallest absolute Gasteiger partial charge is 0.309 e. The molecule has 0 radical (unpaired) electrons. The molecular weight excluding hydrogens is 164 g/mol. The molecule has 4 fully saturated rings. The molecule has 0 aromatic heterocycles. The highest BCUT2D eigenvalue weighted by Gasteiger charge is 2.49. The quantitative estimate of drug-likeness (QED) is 0.534. The Balaban J connectivity index is 2.00. The number of hydrogen-bond donors (Lipinski definition) is 0. The Morgan fingerprint density at radius 3 is 2.92 bits per heavy atom. The van der Waals surface area contributed by atoms with E-state index in [0.29, 0.717) is 5.41 Å². The first kappa shape index (κ1) is 7.84. The Labute approximate surface area is 78.6 Å². The molecule has 2 aliphatic carbocycles. The summed E-state index contributed by atoms with van der Waals surface area (Å²) >= 11 is 0. The van der Waals surface area contributed by atoms with Crippen molar-refractivity contribution in [3.63, 3.8) is 0 Å². The van der Waals surface area contributed by atoms with Crippen LogP contribution in [0.2, 0.25) is 0 Å². The first-order valence-electron chi connectivity index (χ1n) is 5.35. The summed E-state index contributed by atoms with van der Waals surface area (Å²) in [5.41, 5.74) is 0.419. The molecule has 0 N–H and O–H groups in total. The maximum Gasteiger partial charge on any atom is 0.309 e. The maximum atomic E-state index is 11.6. The summed E-state index contributed by atoms with van der Waals surface area (Å²) < 4.78 is 5.46. The number of carbonyl (C=O) groups excluding carboxylic acids is 1. The highest BCUT2D eigenvalue weighted by atomic mass is 16.5. The zero-order valence-corrected chi connectivity index (χ0v) is 8.08. The summed E-state index contributed by atoms with van der Waals surface area (Å²) in [5.74, 6) is 1.10. The number of hydrogen-bond acceptors (Lipinski definition) is 2. The van der Waals surface area contributed by atoms with Crippen LogP contribution < -0.4 is 0 Å². The fraction of sp³-hybridized carbons (Fsp3) is 0.909. The van der Waals surface area contributed by atoms with Crippen LogP contribution in [0.25, 0.3) is 0 Å². The van der Waals surface area contributed by atoms with Gasteiger partial charge in [0, 0.05) is 0 Å². The third-order valence-electron chi connectivity index (χ3n) is 4.07. The van der Waals surface area contributed by atoms with E-state index in [9.17, 15) is 4.79 Å². The fourth-order valence-corrected chi connectivity index (χ4v) is 3.82. The Morgan fingerprint density at radius 1 is 1.31 bits per heavy atom. The van der Waals surface area contributed by atoms with Crippen molar-refractivity contribution in [3.8, 4) is 0 Å². The van der Waals surface area contributed by atoms with Crippen LogP contribution in [0.4, 0.5) is 0 Å². The Kier molecular flexibility index (Phi) is 1.38. The van der Waals surface area contributed by atoms with Gasteiger partial charge in [-0.15, -0.1) is 0 Å². The fourth-order valence-electron chi connectivity index (χ4n) is 3.82. The van der Waals surface area contributed by atoms with E-state index in [4.69, 9.17) is 4.74 Å². The third kappa shape index (κ3) is 1.11. The zero-order chi connectivity index (χ0) is 9.05. The van der Waals surface area contributed by atoms with Gasteiger partial charge in [-0.05, 0) is 43.4 Å². The van der Waals surface area contributed by atoms with Gasteiger partial charge >= 0.3 is 5.97 Å². The van der Waals surface area contributed by atoms with E-state index in [1.165, 1.54) is 6.42 Å². The molecule has 2 nitrogen and oxygen atoms in total. The summed E-state index contributed by atoms with van der Waals surface area (Å²) in [6.07, 6.45) is 6.02. The zero-order valence-electron chi connectivity index (χ0n) is 8.08. The Bertz CT molecular complexity index is 261. The van der Waals surface area contributed by atoms with Crippen LogP contribution in [-0.2, 0) is 9.53 Å². The summed E-state index contributed by atoms with van der Waals surface area (Å²) in [6.45, 7) is 2.33. The van der Waals surface area contributed by atoms with Crippen LogP contribution in [0.15, 0.2) is 0 Å². The van der Waals surface area contributed by atoms with Gasteiger partial charge in [0.1, 0.15) is 6.10 Å². The molecule has 2 heterocycles. The van der Waals surface area contributed by atoms with Gasteiger partial charge in [-0.25, -0.2) is 0 Å². The highest BCUT2D eigenvalue weighted by molar-refractivity contribution is 5.73. The molecule has 4 rings (SSSR count). The number of carbonyl (C=O) groups is 1. The van der Waals surface area contributed by atoms with Crippen molar-refractivity contribution in [2.75, 3.05) is 0 Å². The molecule has 0 aromatic rings. The molecule has 2 aliphatic heterocycles. The van der Waals surface area contributed by atoms with Crippen molar-refractivity contribution in [1.29, 1.82) is 0 Å². The van der Waals surface area contributed by atoms with E-state index in [0.717, 1.165) is 31.6 Å². The number of ether oxygens (including phenoxy) is 1. The second-order valence-electron chi connectivity index (χ2n) is 5.52. The van der Waals surface area contributed by atoms with Crippen molar-refractivity contribution >= 4 is 5.97 Å². The van der Waals surface area contributed by atoms with E-state index in [2.05, 4.69) is 6.92 Å². The van der Waals surface area contributed by atoms with Gasteiger partial charge in [0.2, 0.25) is 0 Å². The average molecular weight is 180 g/mol. The van der Waals surface area contributed by atoms with Crippen molar-refractivity contribution < 1.29 is 9.53 Å². The molecule has 4 atom stereocenters. The van der Waals surface area contributed by atoms with Crippen molar-refractivity contribution in [2.24, 2.45) is 17.3 Å². The highest BCUT2D eigenvalue weighted by Crippen LogP contribution is 2.53. The lowest BCUT2D eigenvalue weighted by molar-refractivity contribution is -0.151. The summed E-state index contributed by atoms with van der Waals surface area (Å²) in [6, 6.07) is 0. The normalized spacial score (nSPS) is 53.3. The minimum absolute atomic E-state index is 0.0934. The number of fused-ring (bicyclic) bond motifs is 1. The minimum atomic E-state index is 0.0934. The molecule has 2 saturated heterocycles. The number of esters is 1. The predicted octanol–water partition coefficient (Wildman–Crippen LogP) is 2.13. The summed E-state index contributed by atoms with van der Waals surface area (Å²) in [5, 5.41) is 0. The van der Waals surface area contributed by atoms with Crippen LogP contribution in [0.1, 0.15) is 39.0 Å². The summed E-state index contributed by atoms with van der Waals surface area (Å²) in [4.78, 5) is 11.6. The van der Waals surface area contributed by atoms with Gasteiger partial charge in [-0.1, -0.05) is 6.92 Å². The van der Waals surface area contributed by atoms with Crippen molar-refractivity contribution in [3.05, 3.63) is 0 Å². The van der Waals surface area contributed by atoms with Gasteiger partial charge < -0.3 is 4.74 Å². The molecule has 4 bridgehead atoms. The molecule has 0 amide bonds. The lowest BCUT2D eigenvalue weighted by Crippen LogP contribution is -2.37. The standard InChI is InChI=1S/C11H16O2/c1-11-4-7-2-8(5-11)10(12)13-9(3-7)6-11/h7-9H,2-6H2,1H3/t7?,8?,9?,11-/m0/s1. The van der Waals surface area contributed by atoms with Gasteiger partial charge in [-0.3, -0.25) is 4.79 Å². The molecule has 2 saturated carbocycles. The number of rotatable bonds is 0. The average Bonchev–Trinajstić information content (AvgIpc) is 2.12. The van der Waals surface area contributed by atoms with Gasteiger partial charge in [0.25, 0.3) is 0 Å². The van der Waals surface area contributed by atoms with Gasteiger partial charge in [0.15, 0.2) is 0 Å². The first-order chi connectivity index (χ1) is 6.15. The van der Waals surface area contributed by atoms with E-state index in [1.54, 1.807) is 0 Å². The van der Waals surface area contributed by atoms with Crippen LogP contribution >= 0.6 is 0 Å². The van der Waals surface area contributed by atoms with Gasteiger partial charge in [-0.2, -0.15) is 0 Å². The predicted molar refractivity (Wildman–Crippen MR) is 48.1 cm³/mol. The molecular formula is C11H16O2.